The van der Waals surface area contributed by atoms with Crippen LogP contribution < -0.4 is 11.3 Å². The predicted octanol–water partition coefficient (Wildman–Crippen LogP) is 1.76. The second kappa shape index (κ2) is 5.39. The molecule has 1 fully saturated rings. The fourth-order valence-electron chi connectivity index (χ4n) is 2.24. The van der Waals surface area contributed by atoms with E-state index in [0.29, 0.717) is 12.2 Å². The van der Waals surface area contributed by atoms with Crippen molar-refractivity contribution in [2.45, 2.75) is 18.9 Å². The van der Waals surface area contributed by atoms with Crippen LogP contribution in [0.3, 0.4) is 0 Å². The van der Waals surface area contributed by atoms with Crippen LogP contribution in [-0.4, -0.2) is 13.2 Å². The van der Waals surface area contributed by atoms with Gasteiger partial charge in [0.1, 0.15) is 5.82 Å². The molecular weight excluding hydrogens is 207 g/mol. The average Bonchev–Trinajstić information content (AvgIpc) is 2.34. The molecule has 0 saturated carbocycles. The molecule has 16 heavy (non-hydrogen) atoms. The molecule has 1 aliphatic heterocycles. The first-order valence-corrected chi connectivity index (χ1v) is 5.61. The number of halogens is 1. The lowest BCUT2D eigenvalue weighted by molar-refractivity contribution is 0.0385. The Hall–Kier alpha value is -0.970. The van der Waals surface area contributed by atoms with Crippen LogP contribution in [0.25, 0.3) is 0 Å². The van der Waals surface area contributed by atoms with Crippen molar-refractivity contribution in [1.82, 2.24) is 5.43 Å². The Balaban J connectivity index is 2.18. The molecule has 3 N–H and O–H groups in total. The first-order chi connectivity index (χ1) is 7.83. The molecule has 1 aromatic carbocycles. The summed E-state index contributed by atoms with van der Waals surface area (Å²) in [5.74, 6) is 5.57. The molecule has 1 aliphatic rings. The van der Waals surface area contributed by atoms with Gasteiger partial charge in [-0.25, -0.2) is 4.39 Å². The Labute approximate surface area is 94.8 Å². The first-order valence-electron chi connectivity index (χ1n) is 5.61. The summed E-state index contributed by atoms with van der Waals surface area (Å²) >= 11 is 0. The highest BCUT2D eigenvalue weighted by atomic mass is 19.1. The lowest BCUT2D eigenvalue weighted by Gasteiger charge is -2.30. The largest absolute Gasteiger partial charge is 0.381 e. The Bertz CT molecular complexity index is 340. The van der Waals surface area contributed by atoms with Crippen LogP contribution in [0, 0.1) is 11.7 Å². The van der Waals surface area contributed by atoms with Crippen molar-refractivity contribution in [3.05, 3.63) is 35.6 Å². The second-order valence-corrected chi connectivity index (χ2v) is 4.14. The van der Waals surface area contributed by atoms with E-state index in [9.17, 15) is 4.39 Å². The molecule has 2 atom stereocenters. The lowest BCUT2D eigenvalue weighted by atomic mass is 9.89. The molecule has 0 spiro atoms. The third-order valence-electron chi connectivity index (χ3n) is 3.09. The van der Waals surface area contributed by atoms with E-state index in [1.807, 2.05) is 6.07 Å². The van der Waals surface area contributed by atoms with Gasteiger partial charge in [-0.3, -0.25) is 11.3 Å². The second-order valence-electron chi connectivity index (χ2n) is 4.14. The number of rotatable bonds is 3. The highest BCUT2D eigenvalue weighted by Gasteiger charge is 2.26. The topological polar surface area (TPSA) is 47.3 Å². The maximum Gasteiger partial charge on any atom is 0.128 e. The maximum atomic E-state index is 13.6. The van der Waals surface area contributed by atoms with Gasteiger partial charge in [0, 0.05) is 18.1 Å². The Morgan fingerprint density at radius 3 is 2.88 bits per heavy atom. The molecule has 4 heteroatoms. The van der Waals surface area contributed by atoms with Crippen molar-refractivity contribution in [2.75, 3.05) is 13.2 Å². The van der Waals surface area contributed by atoms with Crippen LogP contribution in [0.1, 0.15) is 24.4 Å². The minimum atomic E-state index is -0.212. The van der Waals surface area contributed by atoms with Gasteiger partial charge in [0.15, 0.2) is 0 Å². The summed E-state index contributed by atoms with van der Waals surface area (Å²) in [4.78, 5) is 0. The van der Waals surface area contributed by atoms with E-state index in [4.69, 9.17) is 10.6 Å². The summed E-state index contributed by atoms with van der Waals surface area (Å²) in [7, 11) is 0. The van der Waals surface area contributed by atoms with Gasteiger partial charge in [0.05, 0.1) is 12.6 Å². The van der Waals surface area contributed by atoms with E-state index in [1.54, 1.807) is 12.1 Å². The summed E-state index contributed by atoms with van der Waals surface area (Å²) in [6, 6.07) is 6.58. The number of benzene rings is 1. The van der Waals surface area contributed by atoms with Crippen molar-refractivity contribution in [3.8, 4) is 0 Å². The minimum Gasteiger partial charge on any atom is -0.381 e. The van der Waals surface area contributed by atoms with E-state index in [2.05, 4.69) is 5.43 Å². The van der Waals surface area contributed by atoms with Crippen molar-refractivity contribution in [1.29, 1.82) is 0 Å². The third kappa shape index (κ3) is 2.40. The van der Waals surface area contributed by atoms with Crippen LogP contribution in [0.15, 0.2) is 24.3 Å². The monoisotopic (exact) mass is 224 g/mol. The van der Waals surface area contributed by atoms with E-state index in [0.717, 1.165) is 19.4 Å². The van der Waals surface area contributed by atoms with Crippen molar-refractivity contribution < 1.29 is 9.13 Å². The smallest absolute Gasteiger partial charge is 0.128 e. The van der Waals surface area contributed by atoms with Crippen molar-refractivity contribution in [3.63, 3.8) is 0 Å². The van der Waals surface area contributed by atoms with Crippen LogP contribution in [0.5, 0.6) is 0 Å². The summed E-state index contributed by atoms with van der Waals surface area (Å²) in [6.07, 6.45) is 2.03. The molecule has 2 unspecified atom stereocenters. The molecule has 0 bridgehead atoms. The quantitative estimate of drug-likeness (QED) is 0.607. The fourth-order valence-corrected chi connectivity index (χ4v) is 2.24. The molecule has 0 aromatic heterocycles. The Morgan fingerprint density at radius 2 is 2.25 bits per heavy atom. The Morgan fingerprint density at radius 1 is 1.44 bits per heavy atom. The van der Waals surface area contributed by atoms with Crippen LogP contribution >= 0.6 is 0 Å². The number of hydrogen-bond acceptors (Lipinski definition) is 3. The van der Waals surface area contributed by atoms with E-state index >= 15 is 0 Å². The van der Waals surface area contributed by atoms with Gasteiger partial charge in [0.2, 0.25) is 0 Å². The highest BCUT2D eigenvalue weighted by molar-refractivity contribution is 5.21. The van der Waals surface area contributed by atoms with E-state index < -0.39 is 0 Å². The highest BCUT2D eigenvalue weighted by Crippen LogP contribution is 2.29. The number of nitrogens with one attached hydrogen (secondary N) is 1. The number of nitrogens with two attached hydrogens (primary N) is 1. The standard InChI is InChI=1S/C12H17FN2O/c13-11-6-2-1-5-10(11)12(15-14)9-4-3-7-16-8-9/h1-2,5-6,9,12,15H,3-4,7-8,14H2. The predicted molar refractivity (Wildman–Crippen MR) is 60.0 cm³/mol. The molecule has 1 heterocycles. The summed E-state index contributed by atoms with van der Waals surface area (Å²) < 4.78 is 19.1. The third-order valence-corrected chi connectivity index (χ3v) is 3.09. The normalized spacial score (nSPS) is 23.0. The number of hydrogen-bond donors (Lipinski definition) is 2. The molecule has 1 saturated heterocycles. The number of hydrazine groups is 1. The van der Waals surface area contributed by atoms with Gasteiger partial charge < -0.3 is 4.74 Å². The van der Waals surface area contributed by atoms with Gasteiger partial charge in [0.25, 0.3) is 0 Å². The Kier molecular flexibility index (Phi) is 3.88. The average molecular weight is 224 g/mol. The summed E-state index contributed by atoms with van der Waals surface area (Å²) in [5, 5.41) is 0. The van der Waals surface area contributed by atoms with Crippen LogP contribution in [0.2, 0.25) is 0 Å². The molecule has 1 aromatic rings. The molecule has 0 amide bonds. The van der Waals surface area contributed by atoms with Gasteiger partial charge in [-0.15, -0.1) is 0 Å². The summed E-state index contributed by atoms with van der Waals surface area (Å²) in [6.45, 7) is 1.44. The summed E-state index contributed by atoms with van der Waals surface area (Å²) in [5.41, 5.74) is 3.33. The fraction of sp³-hybridized carbons (Fsp3) is 0.500. The van der Waals surface area contributed by atoms with Crippen LogP contribution in [-0.2, 0) is 4.74 Å². The van der Waals surface area contributed by atoms with Crippen molar-refractivity contribution >= 4 is 0 Å². The zero-order valence-electron chi connectivity index (χ0n) is 9.16. The minimum absolute atomic E-state index is 0.165. The molecular formula is C12H17FN2O. The zero-order chi connectivity index (χ0) is 11.4. The van der Waals surface area contributed by atoms with Crippen LogP contribution in [0.4, 0.5) is 4.39 Å². The maximum absolute atomic E-state index is 13.6. The zero-order valence-corrected chi connectivity index (χ0v) is 9.16. The lowest BCUT2D eigenvalue weighted by Crippen LogP contribution is -2.37. The van der Waals surface area contributed by atoms with E-state index in [-0.39, 0.29) is 17.8 Å². The van der Waals surface area contributed by atoms with Gasteiger partial charge >= 0.3 is 0 Å². The molecule has 0 radical (unpaired) electrons. The first kappa shape index (κ1) is 11.5. The molecule has 88 valence electrons. The molecule has 0 aliphatic carbocycles. The molecule has 3 nitrogen and oxygen atoms in total. The van der Waals surface area contributed by atoms with Crippen molar-refractivity contribution in [2.24, 2.45) is 11.8 Å². The molecule has 2 rings (SSSR count). The van der Waals surface area contributed by atoms with Gasteiger partial charge in [-0.2, -0.15) is 0 Å². The van der Waals surface area contributed by atoms with Gasteiger partial charge in [-0.1, -0.05) is 18.2 Å². The van der Waals surface area contributed by atoms with E-state index in [1.165, 1.54) is 6.07 Å². The SMILES string of the molecule is NNC(c1ccccc1F)C1CCCOC1. The van der Waals surface area contributed by atoms with Gasteiger partial charge in [-0.05, 0) is 18.9 Å². The number of ether oxygens (including phenoxy) is 1.